The van der Waals surface area contributed by atoms with Crippen LogP contribution >= 0.6 is 0 Å². The van der Waals surface area contributed by atoms with Gasteiger partial charge in [0.15, 0.2) is 0 Å². The van der Waals surface area contributed by atoms with Crippen LogP contribution in [0.5, 0.6) is 0 Å². The first-order valence-corrected chi connectivity index (χ1v) is 5.40. The second-order valence-electron chi connectivity index (χ2n) is 4.22. The maximum absolute atomic E-state index is 5.70. The first-order valence-electron chi connectivity index (χ1n) is 5.40. The van der Waals surface area contributed by atoms with Gasteiger partial charge in [-0.05, 0) is 31.2 Å². The highest BCUT2D eigenvalue weighted by Gasteiger charge is 2.06. The van der Waals surface area contributed by atoms with Gasteiger partial charge >= 0.3 is 0 Å². The largest absolute Gasteiger partial charge is 0.330 e. The molecule has 0 bridgehead atoms. The van der Waals surface area contributed by atoms with Crippen molar-refractivity contribution in [1.82, 2.24) is 0 Å². The monoisotopic (exact) mass is 171 g/mol. The van der Waals surface area contributed by atoms with Gasteiger partial charge in [-0.15, -0.1) is 0 Å². The smallest absolute Gasteiger partial charge is 0.00489 e. The van der Waals surface area contributed by atoms with E-state index in [1.165, 1.54) is 32.1 Å². The van der Waals surface area contributed by atoms with E-state index in [2.05, 4.69) is 20.8 Å². The van der Waals surface area contributed by atoms with Crippen LogP contribution in [0, 0.1) is 11.8 Å². The highest BCUT2D eigenvalue weighted by atomic mass is 14.5. The lowest BCUT2D eigenvalue weighted by atomic mass is 9.93. The molecule has 1 unspecified atom stereocenters. The van der Waals surface area contributed by atoms with Crippen molar-refractivity contribution in [2.24, 2.45) is 17.6 Å². The van der Waals surface area contributed by atoms with Crippen LogP contribution in [0.3, 0.4) is 0 Å². The third-order valence-corrected chi connectivity index (χ3v) is 2.45. The summed E-state index contributed by atoms with van der Waals surface area (Å²) in [5.74, 6) is 1.62. The second-order valence-corrected chi connectivity index (χ2v) is 4.22. The molecule has 0 amide bonds. The Labute approximate surface area is 77.7 Å². The van der Waals surface area contributed by atoms with Crippen molar-refractivity contribution in [2.75, 3.05) is 6.54 Å². The molecule has 0 aromatic heterocycles. The summed E-state index contributed by atoms with van der Waals surface area (Å²) in [4.78, 5) is 0. The number of rotatable bonds is 7. The second kappa shape index (κ2) is 7.60. The lowest BCUT2D eigenvalue weighted by molar-refractivity contribution is 0.398. The van der Waals surface area contributed by atoms with Crippen molar-refractivity contribution < 1.29 is 0 Å². The Morgan fingerprint density at radius 1 is 1.08 bits per heavy atom. The Kier molecular flexibility index (Phi) is 7.58. The molecule has 0 spiro atoms. The molecule has 1 atom stereocenters. The molecular formula is C11H25N. The Bertz CT molecular complexity index is 89.0. The molecule has 74 valence electrons. The molecule has 0 saturated carbocycles. The maximum Gasteiger partial charge on any atom is -0.00489 e. The van der Waals surface area contributed by atoms with Crippen LogP contribution in [0.4, 0.5) is 0 Å². The summed E-state index contributed by atoms with van der Waals surface area (Å²) in [6, 6.07) is 0. The molecule has 0 heterocycles. The number of hydrogen-bond donors (Lipinski definition) is 1. The molecule has 0 rings (SSSR count). The lowest BCUT2D eigenvalue weighted by Crippen LogP contribution is -2.14. The van der Waals surface area contributed by atoms with Crippen molar-refractivity contribution in [2.45, 2.75) is 52.9 Å². The van der Waals surface area contributed by atoms with Crippen LogP contribution < -0.4 is 5.73 Å². The van der Waals surface area contributed by atoms with Crippen molar-refractivity contribution in [1.29, 1.82) is 0 Å². The molecule has 1 heteroatoms. The summed E-state index contributed by atoms with van der Waals surface area (Å²) < 4.78 is 0. The normalized spacial score (nSPS) is 13.8. The van der Waals surface area contributed by atoms with Crippen molar-refractivity contribution >= 4 is 0 Å². The van der Waals surface area contributed by atoms with Gasteiger partial charge in [0.25, 0.3) is 0 Å². The third kappa shape index (κ3) is 6.66. The van der Waals surface area contributed by atoms with Gasteiger partial charge in [0.2, 0.25) is 0 Å². The van der Waals surface area contributed by atoms with Crippen molar-refractivity contribution in [3.8, 4) is 0 Å². The van der Waals surface area contributed by atoms with E-state index in [0.717, 1.165) is 18.4 Å². The minimum atomic E-state index is 0.785. The molecule has 0 fully saturated rings. The Balaban J connectivity index is 3.39. The SMILES string of the molecule is CCCCC(CN)CCC(C)C. The highest BCUT2D eigenvalue weighted by molar-refractivity contribution is 4.61. The number of hydrogen-bond acceptors (Lipinski definition) is 1. The molecule has 0 aliphatic carbocycles. The van der Waals surface area contributed by atoms with E-state index >= 15 is 0 Å². The van der Waals surface area contributed by atoms with E-state index in [9.17, 15) is 0 Å². The van der Waals surface area contributed by atoms with E-state index in [-0.39, 0.29) is 0 Å². The van der Waals surface area contributed by atoms with Crippen LogP contribution in [0.1, 0.15) is 52.9 Å². The topological polar surface area (TPSA) is 26.0 Å². The van der Waals surface area contributed by atoms with Crippen LogP contribution in [0.15, 0.2) is 0 Å². The molecule has 1 nitrogen and oxygen atoms in total. The van der Waals surface area contributed by atoms with Crippen molar-refractivity contribution in [3.63, 3.8) is 0 Å². The van der Waals surface area contributed by atoms with Gasteiger partial charge in [-0.2, -0.15) is 0 Å². The van der Waals surface area contributed by atoms with Crippen molar-refractivity contribution in [3.05, 3.63) is 0 Å². The standard InChI is InChI=1S/C11H25N/c1-4-5-6-11(9-12)8-7-10(2)3/h10-11H,4-9,12H2,1-3H3. The minimum Gasteiger partial charge on any atom is -0.330 e. The zero-order valence-electron chi connectivity index (χ0n) is 8.97. The van der Waals surface area contributed by atoms with E-state index in [4.69, 9.17) is 5.73 Å². The summed E-state index contributed by atoms with van der Waals surface area (Å²) >= 11 is 0. The van der Waals surface area contributed by atoms with Gasteiger partial charge in [0.1, 0.15) is 0 Å². The Morgan fingerprint density at radius 2 is 1.75 bits per heavy atom. The zero-order valence-corrected chi connectivity index (χ0v) is 8.97. The summed E-state index contributed by atoms with van der Waals surface area (Å²) in [7, 11) is 0. The molecular weight excluding hydrogens is 146 g/mol. The minimum absolute atomic E-state index is 0.785. The predicted molar refractivity (Wildman–Crippen MR) is 56.1 cm³/mol. The average Bonchev–Trinajstić information content (AvgIpc) is 2.05. The summed E-state index contributed by atoms with van der Waals surface area (Å²) in [6.07, 6.45) is 6.65. The molecule has 2 N–H and O–H groups in total. The lowest BCUT2D eigenvalue weighted by Gasteiger charge is -2.15. The summed E-state index contributed by atoms with van der Waals surface area (Å²) in [5, 5.41) is 0. The fourth-order valence-electron chi connectivity index (χ4n) is 1.44. The summed E-state index contributed by atoms with van der Waals surface area (Å²) in [6.45, 7) is 7.70. The molecule has 0 aromatic rings. The van der Waals surface area contributed by atoms with Crippen LogP contribution in [0.2, 0.25) is 0 Å². The van der Waals surface area contributed by atoms with E-state index in [1.807, 2.05) is 0 Å². The number of unbranched alkanes of at least 4 members (excludes halogenated alkanes) is 1. The molecule has 0 aromatic carbocycles. The van der Waals surface area contributed by atoms with Gasteiger partial charge < -0.3 is 5.73 Å². The maximum atomic E-state index is 5.70. The fourth-order valence-corrected chi connectivity index (χ4v) is 1.44. The molecule has 0 aliphatic rings. The molecule has 0 saturated heterocycles. The van der Waals surface area contributed by atoms with Gasteiger partial charge in [0.05, 0.1) is 0 Å². The number of nitrogens with two attached hydrogens (primary N) is 1. The van der Waals surface area contributed by atoms with Gasteiger partial charge in [-0.3, -0.25) is 0 Å². The van der Waals surface area contributed by atoms with E-state index in [0.29, 0.717) is 0 Å². The Morgan fingerprint density at radius 3 is 2.17 bits per heavy atom. The molecule has 0 radical (unpaired) electrons. The van der Waals surface area contributed by atoms with E-state index in [1.54, 1.807) is 0 Å². The predicted octanol–water partition coefficient (Wildman–Crippen LogP) is 3.19. The van der Waals surface area contributed by atoms with Gasteiger partial charge in [-0.1, -0.05) is 40.0 Å². The molecule has 12 heavy (non-hydrogen) atoms. The van der Waals surface area contributed by atoms with Gasteiger partial charge in [0, 0.05) is 0 Å². The fraction of sp³-hybridized carbons (Fsp3) is 1.00. The van der Waals surface area contributed by atoms with Gasteiger partial charge in [-0.25, -0.2) is 0 Å². The highest BCUT2D eigenvalue weighted by Crippen LogP contribution is 2.16. The quantitative estimate of drug-likeness (QED) is 0.625. The van der Waals surface area contributed by atoms with Crippen LogP contribution in [-0.2, 0) is 0 Å². The third-order valence-electron chi connectivity index (χ3n) is 2.45. The zero-order chi connectivity index (χ0) is 9.40. The molecule has 0 aliphatic heterocycles. The summed E-state index contributed by atoms with van der Waals surface area (Å²) in [5.41, 5.74) is 5.70. The van der Waals surface area contributed by atoms with Crippen LogP contribution in [0.25, 0.3) is 0 Å². The first-order chi connectivity index (χ1) is 5.70. The Hall–Kier alpha value is -0.0400. The van der Waals surface area contributed by atoms with E-state index < -0.39 is 0 Å². The van der Waals surface area contributed by atoms with Crippen LogP contribution in [-0.4, -0.2) is 6.54 Å². The average molecular weight is 171 g/mol. The first kappa shape index (κ1) is 12.0.